The van der Waals surface area contributed by atoms with Gasteiger partial charge >= 0.3 is 0 Å². The molecule has 2 unspecified atom stereocenters. The fourth-order valence-electron chi connectivity index (χ4n) is 5.37. The van der Waals surface area contributed by atoms with Crippen LogP contribution in [0.15, 0.2) is 109 Å². The van der Waals surface area contributed by atoms with Crippen molar-refractivity contribution in [3.05, 3.63) is 126 Å². The molecule has 2 nitrogen and oxygen atoms in total. The largest absolute Gasteiger partial charge is 0.308 e. The van der Waals surface area contributed by atoms with E-state index in [0.717, 1.165) is 13.1 Å². The fraction of sp³-hybridized carbons (Fsp3) is 0.333. The van der Waals surface area contributed by atoms with Gasteiger partial charge < -0.3 is 10.6 Å². The molecule has 2 N–H and O–H groups in total. The molecule has 0 heterocycles. The number of aryl methyl sites for hydroxylation is 1. The van der Waals surface area contributed by atoms with Gasteiger partial charge in [0.15, 0.2) is 0 Å². The van der Waals surface area contributed by atoms with Gasteiger partial charge in [-0.2, -0.15) is 0 Å². The van der Waals surface area contributed by atoms with Crippen molar-refractivity contribution in [3.63, 3.8) is 0 Å². The first kappa shape index (κ1) is 29.2. The van der Waals surface area contributed by atoms with E-state index in [1.807, 2.05) is 0 Å². The van der Waals surface area contributed by atoms with Crippen molar-refractivity contribution < 1.29 is 0 Å². The molecule has 0 bridgehead atoms. The Morgan fingerprint density at radius 2 is 1.03 bits per heavy atom. The number of hydrogen-bond acceptors (Lipinski definition) is 2. The van der Waals surface area contributed by atoms with E-state index in [4.69, 9.17) is 0 Å². The second kappa shape index (κ2) is 15.7. The van der Waals surface area contributed by atoms with Crippen molar-refractivity contribution in [2.45, 2.75) is 78.0 Å². The minimum Gasteiger partial charge on any atom is -0.308 e. The van der Waals surface area contributed by atoms with E-state index in [-0.39, 0.29) is 0 Å². The highest BCUT2D eigenvalue weighted by molar-refractivity contribution is 7.79. The van der Waals surface area contributed by atoms with Crippen molar-refractivity contribution in [1.29, 1.82) is 0 Å². The average molecular weight is 537 g/mol. The average Bonchev–Trinajstić information content (AvgIpc) is 2.98. The van der Waals surface area contributed by atoms with E-state index in [9.17, 15) is 0 Å². The minimum atomic E-state index is -0.603. The van der Waals surface area contributed by atoms with Crippen LogP contribution in [0.3, 0.4) is 0 Å². The van der Waals surface area contributed by atoms with Crippen LogP contribution in [0.5, 0.6) is 0 Å². The smallest absolute Gasteiger partial charge is 0.0224 e. The SMILES string of the molecule is CCC.Cc1ccccc1CNC1CCCCC1NCc1ccccc1P(c1ccccc1)c1ccccc1. The van der Waals surface area contributed by atoms with Crippen LogP contribution in [0, 0.1) is 6.92 Å². The first-order valence-electron chi connectivity index (χ1n) is 14.7. The summed E-state index contributed by atoms with van der Waals surface area (Å²) in [5.74, 6) is 0. The summed E-state index contributed by atoms with van der Waals surface area (Å²) in [5.41, 5.74) is 4.19. The maximum atomic E-state index is 3.98. The molecular weight excluding hydrogens is 491 g/mol. The lowest BCUT2D eigenvalue weighted by Gasteiger charge is -2.34. The zero-order valence-electron chi connectivity index (χ0n) is 23.9. The molecule has 1 saturated carbocycles. The van der Waals surface area contributed by atoms with Crippen LogP contribution in [0.1, 0.15) is 62.6 Å². The third-order valence-corrected chi connectivity index (χ3v) is 9.95. The Morgan fingerprint density at radius 1 is 0.590 bits per heavy atom. The molecule has 1 fully saturated rings. The van der Waals surface area contributed by atoms with Gasteiger partial charge in [0.25, 0.3) is 0 Å². The third-order valence-electron chi connectivity index (χ3n) is 7.40. The molecule has 1 aliphatic rings. The summed E-state index contributed by atoms with van der Waals surface area (Å²) in [6.07, 6.45) is 6.35. The minimum absolute atomic E-state index is 0.496. The van der Waals surface area contributed by atoms with Crippen LogP contribution in [0.4, 0.5) is 0 Å². The Hall–Kier alpha value is -2.77. The van der Waals surface area contributed by atoms with Gasteiger partial charge in [-0.1, -0.05) is 142 Å². The van der Waals surface area contributed by atoms with Crippen LogP contribution < -0.4 is 26.5 Å². The molecule has 0 spiro atoms. The Morgan fingerprint density at radius 3 is 1.56 bits per heavy atom. The maximum Gasteiger partial charge on any atom is 0.0224 e. The van der Waals surface area contributed by atoms with Gasteiger partial charge in [-0.25, -0.2) is 0 Å². The molecule has 4 aromatic rings. The van der Waals surface area contributed by atoms with E-state index >= 15 is 0 Å². The van der Waals surface area contributed by atoms with E-state index in [1.54, 1.807) is 0 Å². The molecular formula is C36H45N2P. The van der Waals surface area contributed by atoms with Gasteiger partial charge in [0.1, 0.15) is 0 Å². The fourth-order valence-corrected chi connectivity index (χ4v) is 7.84. The lowest BCUT2D eigenvalue weighted by Crippen LogP contribution is -2.49. The Balaban J connectivity index is 0.00000112. The molecule has 3 heteroatoms. The first-order chi connectivity index (χ1) is 19.2. The number of nitrogens with one attached hydrogen (secondary N) is 2. The van der Waals surface area contributed by atoms with Crippen molar-refractivity contribution in [1.82, 2.24) is 10.6 Å². The van der Waals surface area contributed by atoms with Crippen molar-refractivity contribution in [2.75, 3.05) is 0 Å². The molecule has 0 saturated heterocycles. The van der Waals surface area contributed by atoms with E-state index in [0.29, 0.717) is 12.1 Å². The predicted molar refractivity (Wildman–Crippen MR) is 172 cm³/mol. The summed E-state index contributed by atoms with van der Waals surface area (Å²) in [6, 6.07) is 40.8. The highest BCUT2D eigenvalue weighted by Crippen LogP contribution is 2.34. The number of rotatable bonds is 9. The summed E-state index contributed by atoms with van der Waals surface area (Å²) < 4.78 is 0. The summed E-state index contributed by atoms with van der Waals surface area (Å²) in [6.45, 7) is 8.31. The van der Waals surface area contributed by atoms with Gasteiger partial charge in [0.05, 0.1) is 0 Å². The molecule has 2 atom stereocenters. The normalized spacial score (nSPS) is 16.9. The van der Waals surface area contributed by atoms with Crippen molar-refractivity contribution in [3.8, 4) is 0 Å². The third kappa shape index (κ3) is 8.36. The second-order valence-corrected chi connectivity index (χ2v) is 12.7. The zero-order chi connectivity index (χ0) is 27.3. The van der Waals surface area contributed by atoms with Gasteiger partial charge in [-0.3, -0.25) is 0 Å². The van der Waals surface area contributed by atoms with Gasteiger partial charge in [0.2, 0.25) is 0 Å². The number of hydrogen-bond donors (Lipinski definition) is 2. The monoisotopic (exact) mass is 536 g/mol. The molecule has 5 rings (SSSR count). The van der Waals surface area contributed by atoms with E-state index < -0.39 is 7.92 Å². The summed E-state index contributed by atoms with van der Waals surface area (Å²) >= 11 is 0. The molecule has 4 aromatic carbocycles. The Bertz CT molecular complexity index is 1200. The topological polar surface area (TPSA) is 24.1 Å². The van der Waals surface area contributed by atoms with E-state index in [1.165, 1.54) is 64.7 Å². The highest BCUT2D eigenvalue weighted by Gasteiger charge is 2.25. The van der Waals surface area contributed by atoms with Crippen LogP contribution in [0.25, 0.3) is 0 Å². The molecule has 204 valence electrons. The molecule has 1 aliphatic carbocycles. The van der Waals surface area contributed by atoms with Crippen molar-refractivity contribution in [2.24, 2.45) is 0 Å². The van der Waals surface area contributed by atoms with Crippen LogP contribution in [0.2, 0.25) is 0 Å². The lowest BCUT2D eigenvalue weighted by molar-refractivity contribution is 0.281. The zero-order valence-corrected chi connectivity index (χ0v) is 24.8. The van der Waals surface area contributed by atoms with Crippen molar-refractivity contribution >= 4 is 23.8 Å². The molecule has 0 aromatic heterocycles. The lowest BCUT2D eigenvalue weighted by atomic mass is 9.90. The highest BCUT2D eigenvalue weighted by atomic mass is 31.1. The van der Waals surface area contributed by atoms with Gasteiger partial charge in [-0.05, 0) is 60.3 Å². The van der Waals surface area contributed by atoms with Crippen LogP contribution >= 0.6 is 7.92 Å². The summed E-state index contributed by atoms with van der Waals surface area (Å²) in [5, 5.41) is 12.1. The maximum absolute atomic E-state index is 3.98. The van der Waals surface area contributed by atoms with Gasteiger partial charge in [0, 0.05) is 25.2 Å². The van der Waals surface area contributed by atoms with Crippen LogP contribution in [-0.2, 0) is 13.1 Å². The second-order valence-electron chi connectivity index (χ2n) is 10.5. The van der Waals surface area contributed by atoms with Gasteiger partial charge in [-0.15, -0.1) is 0 Å². The quantitative estimate of drug-likeness (QED) is 0.218. The van der Waals surface area contributed by atoms with Crippen LogP contribution in [-0.4, -0.2) is 12.1 Å². The standard InChI is InChI=1S/C33H37N2P.C3H8/c1-26-14-8-9-15-27(26)24-34-31-21-11-12-22-32(31)35-25-28-16-10-13-23-33(28)36(29-17-4-2-5-18-29)30-19-6-3-7-20-30;1-3-2/h2-10,13-20,23,31-32,34-35H,11-12,21-22,24-25H2,1H3;3H2,1-2H3. The number of benzene rings is 4. The summed E-state index contributed by atoms with van der Waals surface area (Å²) in [4.78, 5) is 0. The predicted octanol–water partition coefficient (Wildman–Crippen LogP) is 7.36. The Kier molecular flexibility index (Phi) is 11.8. The Labute approximate surface area is 238 Å². The van der Waals surface area contributed by atoms with E-state index in [2.05, 4.69) is 141 Å². The molecule has 0 amide bonds. The first-order valence-corrected chi connectivity index (χ1v) is 16.0. The molecule has 0 aliphatic heterocycles. The molecule has 39 heavy (non-hydrogen) atoms. The molecule has 0 radical (unpaired) electrons. The summed E-state index contributed by atoms with van der Waals surface area (Å²) in [7, 11) is -0.603.